The third kappa shape index (κ3) is 3.32. The van der Waals surface area contributed by atoms with Gasteiger partial charge in [0.25, 0.3) is 0 Å². The van der Waals surface area contributed by atoms with Gasteiger partial charge in [0, 0.05) is 25.5 Å². The van der Waals surface area contributed by atoms with E-state index in [2.05, 4.69) is 17.2 Å². The van der Waals surface area contributed by atoms with Crippen molar-refractivity contribution in [3.63, 3.8) is 0 Å². The Morgan fingerprint density at radius 2 is 2.39 bits per heavy atom. The van der Waals surface area contributed by atoms with E-state index in [0.29, 0.717) is 12.6 Å². The lowest BCUT2D eigenvalue weighted by Gasteiger charge is -2.17. The highest BCUT2D eigenvalue weighted by atomic mass is 16.2. The van der Waals surface area contributed by atoms with Gasteiger partial charge in [0.2, 0.25) is 5.91 Å². The molecule has 5 heteroatoms. The van der Waals surface area contributed by atoms with Crippen LogP contribution in [-0.4, -0.2) is 40.0 Å². The van der Waals surface area contributed by atoms with Gasteiger partial charge < -0.3 is 14.8 Å². The molecule has 0 bridgehead atoms. The van der Waals surface area contributed by atoms with Crippen molar-refractivity contribution in [1.29, 1.82) is 0 Å². The first kappa shape index (κ1) is 13.1. The van der Waals surface area contributed by atoms with Gasteiger partial charge in [-0.15, -0.1) is 0 Å². The number of likely N-dealkylation sites (N-methyl/N-ethyl adjacent to an activating group) is 1. The lowest BCUT2D eigenvalue weighted by molar-refractivity contribution is -0.131. The molecule has 1 aliphatic carbocycles. The monoisotopic (exact) mass is 250 g/mol. The second-order valence-electron chi connectivity index (χ2n) is 4.88. The summed E-state index contributed by atoms with van der Waals surface area (Å²) in [5.41, 5.74) is 0. The van der Waals surface area contributed by atoms with Crippen molar-refractivity contribution in [3.05, 3.63) is 18.2 Å². The first-order chi connectivity index (χ1) is 8.72. The summed E-state index contributed by atoms with van der Waals surface area (Å²) in [6, 6.07) is 0.475. The van der Waals surface area contributed by atoms with E-state index in [4.69, 9.17) is 0 Å². The SMILES string of the molecule is CCCNCc1nccn1CC(=O)N(C)C1CC1. The summed E-state index contributed by atoms with van der Waals surface area (Å²) < 4.78 is 1.93. The van der Waals surface area contributed by atoms with Gasteiger partial charge in [0.1, 0.15) is 12.4 Å². The van der Waals surface area contributed by atoms with Gasteiger partial charge in [0.15, 0.2) is 0 Å². The highest BCUT2D eigenvalue weighted by molar-refractivity contribution is 5.76. The number of nitrogens with one attached hydrogen (secondary N) is 1. The van der Waals surface area contributed by atoms with Crippen molar-refractivity contribution >= 4 is 5.91 Å². The van der Waals surface area contributed by atoms with Crippen LogP contribution in [0.2, 0.25) is 0 Å². The van der Waals surface area contributed by atoms with E-state index in [1.807, 2.05) is 22.7 Å². The standard InChI is InChI=1S/C13H22N4O/c1-3-6-14-9-12-15-7-8-17(12)10-13(18)16(2)11-4-5-11/h7-8,11,14H,3-6,9-10H2,1-2H3. The minimum atomic E-state index is 0.173. The fraction of sp³-hybridized carbons (Fsp3) is 0.692. The highest BCUT2D eigenvalue weighted by Crippen LogP contribution is 2.25. The minimum Gasteiger partial charge on any atom is -0.341 e. The van der Waals surface area contributed by atoms with Crippen LogP contribution in [0.4, 0.5) is 0 Å². The van der Waals surface area contributed by atoms with Gasteiger partial charge in [0.05, 0.1) is 6.54 Å². The topological polar surface area (TPSA) is 50.2 Å². The molecule has 0 saturated heterocycles. The zero-order valence-electron chi connectivity index (χ0n) is 11.2. The lowest BCUT2D eigenvalue weighted by Crippen LogP contribution is -2.32. The van der Waals surface area contributed by atoms with Crippen LogP contribution in [0.25, 0.3) is 0 Å². The van der Waals surface area contributed by atoms with Gasteiger partial charge in [-0.1, -0.05) is 6.92 Å². The molecule has 18 heavy (non-hydrogen) atoms. The molecule has 0 radical (unpaired) electrons. The summed E-state index contributed by atoms with van der Waals surface area (Å²) in [6.07, 6.45) is 7.03. The van der Waals surface area contributed by atoms with E-state index in [1.54, 1.807) is 6.20 Å². The summed E-state index contributed by atoms with van der Waals surface area (Å²) in [6.45, 7) is 4.23. The molecule has 1 heterocycles. The predicted molar refractivity (Wildman–Crippen MR) is 70.0 cm³/mol. The van der Waals surface area contributed by atoms with Crippen LogP contribution in [0, 0.1) is 0 Å². The molecule has 5 nitrogen and oxygen atoms in total. The molecule has 100 valence electrons. The summed E-state index contributed by atoms with van der Waals surface area (Å²) in [7, 11) is 1.89. The molecule has 2 rings (SSSR count). The molecule has 1 aromatic heterocycles. The van der Waals surface area contributed by atoms with Crippen LogP contribution in [0.1, 0.15) is 32.0 Å². The van der Waals surface area contributed by atoms with Crippen LogP contribution in [0.15, 0.2) is 12.4 Å². The van der Waals surface area contributed by atoms with Crippen LogP contribution in [-0.2, 0) is 17.9 Å². The van der Waals surface area contributed by atoms with Gasteiger partial charge in [-0.2, -0.15) is 0 Å². The van der Waals surface area contributed by atoms with E-state index >= 15 is 0 Å². The highest BCUT2D eigenvalue weighted by Gasteiger charge is 2.29. The number of nitrogens with zero attached hydrogens (tertiary/aromatic N) is 3. The number of carbonyl (C=O) groups excluding carboxylic acids is 1. The second kappa shape index (κ2) is 6.00. The summed E-state index contributed by atoms with van der Waals surface area (Å²) in [4.78, 5) is 18.2. The number of amides is 1. The van der Waals surface area contributed by atoms with Gasteiger partial charge in [-0.3, -0.25) is 4.79 Å². The summed E-state index contributed by atoms with van der Waals surface area (Å²) in [5.74, 6) is 1.10. The molecule has 1 saturated carbocycles. The second-order valence-corrected chi connectivity index (χ2v) is 4.88. The Kier molecular flexibility index (Phi) is 4.36. The average molecular weight is 250 g/mol. The predicted octanol–water partition coefficient (Wildman–Crippen LogP) is 1.00. The third-order valence-electron chi connectivity index (χ3n) is 3.31. The van der Waals surface area contributed by atoms with E-state index in [9.17, 15) is 4.79 Å². The van der Waals surface area contributed by atoms with Gasteiger partial charge >= 0.3 is 0 Å². The van der Waals surface area contributed by atoms with Crippen LogP contribution >= 0.6 is 0 Å². The van der Waals surface area contributed by atoms with E-state index in [0.717, 1.165) is 38.2 Å². The van der Waals surface area contributed by atoms with Gasteiger partial charge in [-0.25, -0.2) is 4.98 Å². The molecule has 1 fully saturated rings. The van der Waals surface area contributed by atoms with E-state index in [-0.39, 0.29) is 5.91 Å². The molecular weight excluding hydrogens is 228 g/mol. The number of carbonyl (C=O) groups is 1. The molecule has 1 amide bonds. The number of rotatable bonds is 7. The molecule has 0 atom stereocenters. The molecule has 1 N–H and O–H groups in total. The average Bonchev–Trinajstić information content (AvgIpc) is 3.12. The first-order valence-electron chi connectivity index (χ1n) is 6.68. The number of imidazole rings is 1. The fourth-order valence-electron chi connectivity index (χ4n) is 1.95. The molecular formula is C13H22N4O. The largest absolute Gasteiger partial charge is 0.341 e. The molecule has 0 aliphatic heterocycles. The summed E-state index contributed by atoms with van der Waals surface area (Å²) in [5, 5.41) is 3.31. The maximum Gasteiger partial charge on any atom is 0.242 e. The maximum atomic E-state index is 12.0. The lowest BCUT2D eigenvalue weighted by atomic mass is 10.4. The number of hydrogen-bond donors (Lipinski definition) is 1. The maximum absolute atomic E-state index is 12.0. The van der Waals surface area contributed by atoms with Crippen molar-refractivity contribution in [3.8, 4) is 0 Å². The van der Waals surface area contributed by atoms with Crippen LogP contribution in [0.3, 0.4) is 0 Å². The first-order valence-corrected chi connectivity index (χ1v) is 6.68. The Balaban J connectivity index is 1.88. The van der Waals surface area contributed by atoms with E-state index in [1.165, 1.54) is 0 Å². The quantitative estimate of drug-likeness (QED) is 0.735. The molecule has 0 aromatic carbocycles. The molecule has 1 aliphatic rings. The third-order valence-corrected chi connectivity index (χ3v) is 3.31. The Bertz CT molecular complexity index is 397. The summed E-state index contributed by atoms with van der Waals surface area (Å²) >= 11 is 0. The van der Waals surface area contributed by atoms with Crippen molar-refractivity contribution in [2.45, 2.75) is 45.3 Å². The smallest absolute Gasteiger partial charge is 0.242 e. The normalized spacial score (nSPS) is 14.8. The van der Waals surface area contributed by atoms with Crippen molar-refractivity contribution in [2.24, 2.45) is 0 Å². The Hall–Kier alpha value is -1.36. The Morgan fingerprint density at radius 3 is 3.06 bits per heavy atom. The van der Waals surface area contributed by atoms with Crippen molar-refractivity contribution in [2.75, 3.05) is 13.6 Å². The zero-order chi connectivity index (χ0) is 13.0. The minimum absolute atomic E-state index is 0.173. The molecule has 0 spiro atoms. The van der Waals surface area contributed by atoms with Crippen molar-refractivity contribution in [1.82, 2.24) is 19.8 Å². The zero-order valence-corrected chi connectivity index (χ0v) is 11.2. The Labute approximate surface area is 108 Å². The van der Waals surface area contributed by atoms with E-state index < -0.39 is 0 Å². The number of aromatic nitrogens is 2. The van der Waals surface area contributed by atoms with Gasteiger partial charge in [-0.05, 0) is 25.8 Å². The molecule has 0 unspecified atom stereocenters. The van der Waals surface area contributed by atoms with Crippen LogP contribution < -0.4 is 5.32 Å². The van der Waals surface area contributed by atoms with Crippen LogP contribution in [0.5, 0.6) is 0 Å². The fourth-order valence-corrected chi connectivity index (χ4v) is 1.95. The van der Waals surface area contributed by atoms with Crippen molar-refractivity contribution < 1.29 is 4.79 Å². The molecule has 1 aromatic rings. The Morgan fingerprint density at radius 1 is 1.61 bits per heavy atom. The number of hydrogen-bond acceptors (Lipinski definition) is 3.